The van der Waals surface area contributed by atoms with Crippen LogP contribution in [0.4, 0.5) is 5.69 Å². The number of fused-ring (bicyclic) bond motifs is 1. The third-order valence-corrected chi connectivity index (χ3v) is 2.77. The van der Waals surface area contributed by atoms with Crippen molar-refractivity contribution >= 4 is 11.6 Å². The number of carbonyl (C=O) groups is 1. The van der Waals surface area contributed by atoms with Crippen LogP contribution in [0.5, 0.6) is 0 Å². The van der Waals surface area contributed by atoms with Gasteiger partial charge in [0, 0.05) is 25.2 Å². The predicted molar refractivity (Wildman–Crippen MR) is 62.7 cm³/mol. The van der Waals surface area contributed by atoms with E-state index in [2.05, 4.69) is 0 Å². The first-order valence-electron chi connectivity index (χ1n) is 5.55. The summed E-state index contributed by atoms with van der Waals surface area (Å²) in [5, 5.41) is 10.6. The van der Waals surface area contributed by atoms with E-state index in [9.17, 15) is 14.9 Å². The third kappa shape index (κ3) is 2.13. The molecule has 0 unspecified atom stereocenters. The standard InChI is InChI=1S/C12H14N2O3/c1-8(2)6-13-7-9-3-4-10(14(16)17)5-11(9)12(13)15/h3-5,8H,6-7H2,1-2H3. The van der Waals surface area contributed by atoms with Crippen LogP contribution < -0.4 is 0 Å². The average molecular weight is 234 g/mol. The maximum Gasteiger partial charge on any atom is 0.270 e. The molecule has 0 aliphatic carbocycles. The van der Waals surface area contributed by atoms with Gasteiger partial charge in [0.15, 0.2) is 0 Å². The lowest BCUT2D eigenvalue weighted by Crippen LogP contribution is -2.27. The second-order valence-corrected chi connectivity index (χ2v) is 4.68. The Kier molecular flexibility index (Phi) is 2.83. The molecule has 0 radical (unpaired) electrons. The van der Waals surface area contributed by atoms with E-state index in [0.29, 0.717) is 24.6 Å². The van der Waals surface area contributed by atoms with Crippen LogP contribution in [0.15, 0.2) is 18.2 Å². The molecule has 1 amide bonds. The van der Waals surface area contributed by atoms with Crippen molar-refractivity contribution in [3.05, 3.63) is 39.4 Å². The van der Waals surface area contributed by atoms with Gasteiger partial charge in [0.05, 0.1) is 10.5 Å². The first-order chi connectivity index (χ1) is 7.99. The molecule has 1 aliphatic rings. The minimum absolute atomic E-state index is 0.0245. The van der Waals surface area contributed by atoms with Gasteiger partial charge in [-0.2, -0.15) is 0 Å². The number of rotatable bonds is 3. The number of carbonyl (C=O) groups excluding carboxylic acids is 1. The van der Waals surface area contributed by atoms with Crippen LogP contribution in [0.3, 0.4) is 0 Å². The molecule has 0 fully saturated rings. The minimum Gasteiger partial charge on any atom is -0.334 e. The Bertz CT molecular complexity index is 483. The first kappa shape index (κ1) is 11.6. The summed E-state index contributed by atoms with van der Waals surface area (Å²) in [6.07, 6.45) is 0. The third-order valence-electron chi connectivity index (χ3n) is 2.77. The number of non-ortho nitro benzene ring substituents is 1. The van der Waals surface area contributed by atoms with Gasteiger partial charge in [-0.3, -0.25) is 14.9 Å². The Balaban J connectivity index is 2.29. The maximum absolute atomic E-state index is 12.0. The summed E-state index contributed by atoms with van der Waals surface area (Å²) in [7, 11) is 0. The zero-order valence-electron chi connectivity index (χ0n) is 9.84. The fraction of sp³-hybridized carbons (Fsp3) is 0.417. The van der Waals surface area contributed by atoms with Gasteiger partial charge in [-0.1, -0.05) is 13.8 Å². The Hall–Kier alpha value is -1.91. The molecule has 5 nitrogen and oxygen atoms in total. The van der Waals surface area contributed by atoms with Crippen molar-refractivity contribution in [1.29, 1.82) is 0 Å². The smallest absolute Gasteiger partial charge is 0.270 e. The normalized spacial score (nSPS) is 14.3. The summed E-state index contributed by atoms with van der Waals surface area (Å²) in [4.78, 5) is 23.9. The van der Waals surface area contributed by atoms with E-state index in [1.54, 1.807) is 11.0 Å². The number of nitro groups is 1. The molecule has 0 atom stereocenters. The van der Waals surface area contributed by atoms with Crippen LogP contribution in [0.1, 0.15) is 29.8 Å². The Labute approximate surface area is 99.2 Å². The average Bonchev–Trinajstić information content (AvgIpc) is 2.55. The number of hydrogen-bond acceptors (Lipinski definition) is 3. The van der Waals surface area contributed by atoms with Gasteiger partial charge in [0.2, 0.25) is 0 Å². The molecule has 0 bridgehead atoms. The zero-order chi connectivity index (χ0) is 12.6. The lowest BCUT2D eigenvalue weighted by Gasteiger charge is -2.17. The number of nitro benzene ring substituents is 1. The summed E-state index contributed by atoms with van der Waals surface area (Å²) in [5.41, 5.74) is 1.32. The fourth-order valence-electron chi connectivity index (χ4n) is 2.05. The monoisotopic (exact) mass is 234 g/mol. The fourth-order valence-corrected chi connectivity index (χ4v) is 2.05. The van der Waals surface area contributed by atoms with Crippen molar-refractivity contribution < 1.29 is 9.72 Å². The van der Waals surface area contributed by atoms with E-state index in [1.807, 2.05) is 13.8 Å². The molecule has 0 spiro atoms. The second-order valence-electron chi connectivity index (χ2n) is 4.68. The quantitative estimate of drug-likeness (QED) is 0.595. The molecule has 17 heavy (non-hydrogen) atoms. The van der Waals surface area contributed by atoms with Crippen LogP contribution in [-0.4, -0.2) is 22.3 Å². The van der Waals surface area contributed by atoms with Crippen molar-refractivity contribution in [1.82, 2.24) is 4.90 Å². The highest BCUT2D eigenvalue weighted by atomic mass is 16.6. The number of nitrogens with zero attached hydrogens (tertiary/aromatic N) is 2. The van der Waals surface area contributed by atoms with Crippen LogP contribution in [0.2, 0.25) is 0 Å². The highest BCUT2D eigenvalue weighted by molar-refractivity contribution is 5.98. The van der Waals surface area contributed by atoms with Gasteiger partial charge >= 0.3 is 0 Å². The molecule has 1 heterocycles. The largest absolute Gasteiger partial charge is 0.334 e. The highest BCUT2D eigenvalue weighted by Gasteiger charge is 2.29. The molecule has 0 saturated heterocycles. The lowest BCUT2D eigenvalue weighted by atomic mass is 10.1. The Morgan fingerprint density at radius 2 is 2.18 bits per heavy atom. The second kappa shape index (κ2) is 4.16. The van der Waals surface area contributed by atoms with Crippen molar-refractivity contribution in [2.45, 2.75) is 20.4 Å². The molecule has 0 N–H and O–H groups in total. The number of hydrogen-bond donors (Lipinski definition) is 0. The Morgan fingerprint density at radius 1 is 1.47 bits per heavy atom. The van der Waals surface area contributed by atoms with Crippen molar-refractivity contribution in [3.63, 3.8) is 0 Å². The molecular formula is C12H14N2O3. The minimum atomic E-state index is -0.474. The molecule has 1 aromatic carbocycles. The van der Waals surface area contributed by atoms with Gasteiger partial charge in [-0.05, 0) is 17.5 Å². The zero-order valence-corrected chi connectivity index (χ0v) is 9.84. The van der Waals surface area contributed by atoms with Crippen molar-refractivity contribution in [2.75, 3.05) is 6.54 Å². The van der Waals surface area contributed by atoms with E-state index in [0.717, 1.165) is 5.56 Å². The highest BCUT2D eigenvalue weighted by Crippen LogP contribution is 2.27. The molecular weight excluding hydrogens is 220 g/mol. The van der Waals surface area contributed by atoms with Crippen LogP contribution in [0.25, 0.3) is 0 Å². The van der Waals surface area contributed by atoms with E-state index in [-0.39, 0.29) is 11.6 Å². The number of amides is 1. The topological polar surface area (TPSA) is 63.4 Å². The molecule has 1 aliphatic heterocycles. The molecule has 2 rings (SSSR count). The summed E-state index contributed by atoms with van der Waals surface area (Å²) in [6, 6.07) is 4.49. The van der Waals surface area contributed by atoms with Gasteiger partial charge in [-0.15, -0.1) is 0 Å². The van der Waals surface area contributed by atoms with Gasteiger partial charge in [0.1, 0.15) is 0 Å². The molecule has 0 saturated carbocycles. The molecule has 5 heteroatoms. The van der Waals surface area contributed by atoms with E-state index in [1.165, 1.54) is 12.1 Å². The summed E-state index contributed by atoms with van der Waals surface area (Å²) in [5.74, 6) is 0.292. The van der Waals surface area contributed by atoms with Crippen LogP contribution in [-0.2, 0) is 6.54 Å². The molecule has 0 aromatic heterocycles. The molecule has 90 valence electrons. The van der Waals surface area contributed by atoms with Crippen LogP contribution in [0, 0.1) is 16.0 Å². The van der Waals surface area contributed by atoms with E-state index in [4.69, 9.17) is 0 Å². The summed E-state index contributed by atoms with van der Waals surface area (Å²) >= 11 is 0. The maximum atomic E-state index is 12.0. The predicted octanol–water partition coefficient (Wildman–Crippen LogP) is 2.21. The van der Waals surface area contributed by atoms with E-state index < -0.39 is 4.92 Å². The van der Waals surface area contributed by atoms with Gasteiger partial charge < -0.3 is 4.90 Å². The van der Waals surface area contributed by atoms with Crippen molar-refractivity contribution in [2.24, 2.45) is 5.92 Å². The SMILES string of the molecule is CC(C)CN1Cc2ccc([N+](=O)[O-])cc2C1=O. The van der Waals surface area contributed by atoms with Gasteiger partial charge in [-0.25, -0.2) is 0 Å². The summed E-state index contributed by atoms with van der Waals surface area (Å²) < 4.78 is 0. The van der Waals surface area contributed by atoms with Crippen LogP contribution >= 0.6 is 0 Å². The van der Waals surface area contributed by atoms with E-state index >= 15 is 0 Å². The molecule has 1 aromatic rings. The van der Waals surface area contributed by atoms with Gasteiger partial charge in [0.25, 0.3) is 11.6 Å². The summed E-state index contributed by atoms with van der Waals surface area (Å²) in [6.45, 7) is 5.32. The Morgan fingerprint density at radius 3 is 2.76 bits per heavy atom. The first-order valence-corrected chi connectivity index (χ1v) is 5.55. The van der Waals surface area contributed by atoms with Crippen molar-refractivity contribution in [3.8, 4) is 0 Å². The number of benzene rings is 1. The lowest BCUT2D eigenvalue weighted by molar-refractivity contribution is -0.384.